The first-order valence-corrected chi connectivity index (χ1v) is 10.4. The van der Waals surface area contributed by atoms with Gasteiger partial charge in [-0.2, -0.15) is 0 Å². The van der Waals surface area contributed by atoms with Crippen molar-refractivity contribution in [3.8, 4) is 0 Å². The van der Waals surface area contributed by atoms with Crippen LogP contribution in [0.1, 0.15) is 56.2 Å². The number of nitrogens with two attached hydrogens (primary N) is 1. The number of hydrogen-bond donors (Lipinski definition) is 1. The van der Waals surface area contributed by atoms with E-state index in [0.717, 1.165) is 58.1 Å². The molecule has 1 saturated carbocycles. The van der Waals surface area contributed by atoms with Gasteiger partial charge in [0.15, 0.2) is 0 Å². The number of ether oxygens (including phenoxy) is 1. The van der Waals surface area contributed by atoms with Crippen molar-refractivity contribution < 1.29 is 9.53 Å². The Morgan fingerprint density at radius 2 is 2.04 bits per heavy atom. The molecule has 0 bridgehead atoms. The number of morpholine rings is 1. The van der Waals surface area contributed by atoms with E-state index in [0.29, 0.717) is 11.6 Å². The average Bonchev–Trinajstić information content (AvgIpc) is 2.95. The van der Waals surface area contributed by atoms with Crippen LogP contribution in [-0.4, -0.2) is 71.6 Å². The minimum Gasteiger partial charge on any atom is -0.379 e. The van der Waals surface area contributed by atoms with Gasteiger partial charge in [-0.05, 0) is 29.7 Å². The molecule has 154 valence electrons. The fourth-order valence-corrected chi connectivity index (χ4v) is 5.75. The third-order valence-corrected chi connectivity index (χ3v) is 6.90. The quantitative estimate of drug-likeness (QED) is 0.851. The summed E-state index contributed by atoms with van der Waals surface area (Å²) < 4.78 is 5.51. The van der Waals surface area contributed by atoms with Crippen molar-refractivity contribution >= 4 is 11.9 Å². The molecule has 1 aromatic heterocycles. The Kier molecular flexibility index (Phi) is 4.86. The second-order valence-corrected chi connectivity index (χ2v) is 9.85. The van der Waals surface area contributed by atoms with Crippen molar-refractivity contribution in [2.45, 2.75) is 40.0 Å². The summed E-state index contributed by atoms with van der Waals surface area (Å²) in [6.45, 7) is 15.0. The molecule has 1 aromatic rings. The Morgan fingerprint density at radius 1 is 1.32 bits per heavy atom. The first kappa shape index (κ1) is 19.6. The van der Waals surface area contributed by atoms with Gasteiger partial charge in [-0.1, -0.05) is 27.7 Å². The minimum atomic E-state index is -0.0115. The highest BCUT2D eigenvalue weighted by Gasteiger charge is 2.63. The van der Waals surface area contributed by atoms with Gasteiger partial charge in [0, 0.05) is 43.8 Å². The highest BCUT2D eigenvalue weighted by atomic mass is 16.5. The number of aromatic nitrogens is 2. The summed E-state index contributed by atoms with van der Waals surface area (Å²) in [6.07, 6.45) is 1.16. The van der Waals surface area contributed by atoms with Gasteiger partial charge in [-0.3, -0.25) is 9.69 Å². The molecule has 0 unspecified atom stereocenters. The lowest BCUT2D eigenvalue weighted by Crippen LogP contribution is -2.59. The van der Waals surface area contributed by atoms with E-state index >= 15 is 0 Å². The van der Waals surface area contributed by atoms with Gasteiger partial charge in [0.05, 0.1) is 13.2 Å². The molecule has 3 fully saturated rings. The van der Waals surface area contributed by atoms with E-state index in [4.69, 9.17) is 10.5 Å². The molecule has 0 spiro atoms. The van der Waals surface area contributed by atoms with Gasteiger partial charge in [0.2, 0.25) is 5.95 Å². The van der Waals surface area contributed by atoms with Crippen LogP contribution < -0.4 is 5.73 Å². The largest absolute Gasteiger partial charge is 0.379 e. The van der Waals surface area contributed by atoms with Crippen molar-refractivity contribution in [1.82, 2.24) is 19.8 Å². The van der Waals surface area contributed by atoms with Crippen LogP contribution in [0, 0.1) is 16.7 Å². The Bertz CT molecular complexity index is 759. The van der Waals surface area contributed by atoms with E-state index in [1.54, 1.807) is 0 Å². The topological polar surface area (TPSA) is 84.6 Å². The molecular formula is C21H33N5O2. The summed E-state index contributed by atoms with van der Waals surface area (Å²) >= 11 is 0. The maximum atomic E-state index is 13.3. The van der Waals surface area contributed by atoms with Gasteiger partial charge in [-0.25, -0.2) is 9.97 Å². The Balaban J connectivity index is 1.54. The second-order valence-electron chi connectivity index (χ2n) is 9.85. The van der Waals surface area contributed by atoms with Crippen molar-refractivity contribution in [2.75, 3.05) is 51.7 Å². The van der Waals surface area contributed by atoms with Crippen molar-refractivity contribution in [1.29, 1.82) is 0 Å². The summed E-state index contributed by atoms with van der Waals surface area (Å²) in [5.74, 6) is 0.899. The van der Waals surface area contributed by atoms with Crippen molar-refractivity contribution in [3.63, 3.8) is 0 Å². The standard InChI is InChI=1S/C21H33N5O2/c1-14(2)15-9-16(24-19(22)23-15)18(27)26-10-17-20(3,4)11-21(17,13-26)12-25-5-7-28-8-6-25/h9,14,17H,5-8,10-13H2,1-4H3,(H2,22,23,24)/t17-,21+/m1/s1. The number of fused-ring (bicyclic) bond motifs is 1. The van der Waals surface area contributed by atoms with E-state index in [1.165, 1.54) is 0 Å². The molecule has 2 N–H and O–H groups in total. The lowest BCUT2D eigenvalue weighted by molar-refractivity contribution is -0.0966. The zero-order chi connectivity index (χ0) is 20.1. The Morgan fingerprint density at radius 3 is 2.68 bits per heavy atom. The molecule has 0 aromatic carbocycles. The van der Waals surface area contributed by atoms with Gasteiger partial charge in [0.1, 0.15) is 5.69 Å². The number of amides is 1. The van der Waals surface area contributed by atoms with Crippen molar-refractivity contribution in [2.24, 2.45) is 16.7 Å². The first-order chi connectivity index (χ1) is 13.2. The lowest BCUT2D eigenvalue weighted by atomic mass is 9.48. The summed E-state index contributed by atoms with van der Waals surface area (Å²) in [6, 6.07) is 1.81. The molecule has 7 nitrogen and oxygen atoms in total. The van der Waals surface area contributed by atoms with Gasteiger partial charge in [0.25, 0.3) is 5.91 Å². The van der Waals surface area contributed by atoms with E-state index in [2.05, 4.69) is 28.7 Å². The maximum Gasteiger partial charge on any atom is 0.272 e. The third kappa shape index (κ3) is 3.39. The van der Waals surface area contributed by atoms with Crippen molar-refractivity contribution in [3.05, 3.63) is 17.5 Å². The highest BCUT2D eigenvalue weighted by Crippen LogP contribution is 2.63. The number of anilines is 1. The van der Waals surface area contributed by atoms with Crippen LogP contribution in [0.25, 0.3) is 0 Å². The van der Waals surface area contributed by atoms with Crippen LogP contribution >= 0.6 is 0 Å². The number of carbonyl (C=O) groups is 1. The Hall–Kier alpha value is -1.73. The Labute approximate surface area is 167 Å². The lowest BCUT2D eigenvalue weighted by Gasteiger charge is -2.58. The predicted molar refractivity (Wildman–Crippen MR) is 108 cm³/mol. The molecule has 2 atom stereocenters. The SMILES string of the molecule is CC(C)c1cc(C(=O)N2C[C@@H]3C(C)(C)C[C@]3(CN3CCOCC3)C2)nc(N)n1. The molecule has 3 aliphatic rings. The number of carbonyl (C=O) groups excluding carboxylic acids is 1. The second kappa shape index (κ2) is 6.95. The van der Waals surface area contributed by atoms with Crippen LogP contribution in [0.4, 0.5) is 5.95 Å². The van der Waals surface area contributed by atoms with E-state index in [1.807, 2.05) is 24.8 Å². The van der Waals surface area contributed by atoms with Gasteiger partial charge >= 0.3 is 0 Å². The van der Waals surface area contributed by atoms with Gasteiger partial charge < -0.3 is 15.4 Å². The molecule has 3 heterocycles. The molecule has 4 rings (SSSR count). The molecule has 1 amide bonds. The zero-order valence-electron chi connectivity index (χ0n) is 17.6. The maximum absolute atomic E-state index is 13.3. The molecule has 7 heteroatoms. The fraction of sp³-hybridized carbons (Fsp3) is 0.762. The van der Waals surface area contributed by atoms with Crippen LogP contribution in [0.15, 0.2) is 6.07 Å². The van der Waals surface area contributed by atoms with Crippen LogP contribution in [0.5, 0.6) is 0 Å². The van der Waals surface area contributed by atoms with Crippen LogP contribution in [0.2, 0.25) is 0 Å². The number of nitrogens with zero attached hydrogens (tertiary/aromatic N) is 4. The highest BCUT2D eigenvalue weighted by molar-refractivity contribution is 5.93. The predicted octanol–water partition coefficient (Wildman–Crippen LogP) is 2.00. The number of rotatable bonds is 4. The molecule has 2 saturated heterocycles. The number of hydrogen-bond acceptors (Lipinski definition) is 6. The fourth-order valence-electron chi connectivity index (χ4n) is 5.75. The first-order valence-electron chi connectivity index (χ1n) is 10.4. The van der Waals surface area contributed by atoms with Crippen LogP contribution in [-0.2, 0) is 4.74 Å². The average molecular weight is 388 g/mol. The van der Waals surface area contributed by atoms with E-state index < -0.39 is 0 Å². The summed E-state index contributed by atoms with van der Waals surface area (Å²) in [5, 5.41) is 0. The van der Waals surface area contributed by atoms with Gasteiger partial charge in [-0.15, -0.1) is 0 Å². The normalized spacial score (nSPS) is 29.6. The smallest absolute Gasteiger partial charge is 0.272 e. The molecular weight excluding hydrogens is 354 g/mol. The number of likely N-dealkylation sites (tertiary alicyclic amines) is 1. The van der Waals surface area contributed by atoms with Crippen LogP contribution in [0.3, 0.4) is 0 Å². The minimum absolute atomic E-state index is 0.0115. The third-order valence-electron chi connectivity index (χ3n) is 6.90. The van der Waals surface area contributed by atoms with E-state index in [9.17, 15) is 4.79 Å². The van der Waals surface area contributed by atoms with E-state index in [-0.39, 0.29) is 28.6 Å². The molecule has 28 heavy (non-hydrogen) atoms. The summed E-state index contributed by atoms with van der Waals surface area (Å²) in [5.41, 5.74) is 7.59. The molecule has 2 aliphatic heterocycles. The summed E-state index contributed by atoms with van der Waals surface area (Å²) in [7, 11) is 0. The molecule has 1 aliphatic carbocycles. The summed E-state index contributed by atoms with van der Waals surface area (Å²) in [4.78, 5) is 26.3. The molecule has 0 radical (unpaired) electrons. The monoisotopic (exact) mass is 387 g/mol. The number of nitrogen functional groups attached to an aromatic ring is 1. The zero-order valence-corrected chi connectivity index (χ0v) is 17.6.